The minimum Gasteiger partial charge on any atom is -0.497 e. The van der Waals surface area contributed by atoms with Crippen LogP contribution >= 0.6 is 0 Å². The van der Waals surface area contributed by atoms with Crippen LogP contribution in [0.2, 0.25) is 0 Å². The molecular weight excluding hydrogens is 548 g/mol. The molecule has 1 atom stereocenters. The molecular formula is C30H30N2O6S2. The first-order valence-electron chi connectivity index (χ1n) is 12.4. The van der Waals surface area contributed by atoms with E-state index in [9.17, 15) is 21.6 Å². The Kier molecular flexibility index (Phi) is 8.61. The number of anilines is 1. The first-order valence-corrected chi connectivity index (χ1v) is 15.7. The predicted molar refractivity (Wildman–Crippen MR) is 155 cm³/mol. The quantitative estimate of drug-likeness (QED) is 0.284. The third-order valence-electron chi connectivity index (χ3n) is 6.39. The summed E-state index contributed by atoms with van der Waals surface area (Å²) in [6.45, 7) is 1.77. The van der Waals surface area contributed by atoms with Gasteiger partial charge < -0.3 is 10.1 Å². The highest BCUT2D eigenvalue weighted by Crippen LogP contribution is 2.30. The van der Waals surface area contributed by atoms with Gasteiger partial charge in [-0.2, -0.15) is 0 Å². The number of sulfone groups is 1. The van der Waals surface area contributed by atoms with Gasteiger partial charge in [0.1, 0.15) is 5.75 Å². The molecule has 0 aromatic heterocycles. The predicted octanol–water partition coefficient (Wildman–Crippen LogP) is 4.99. The van der Waals surface area contributed by atoms with Crippen LogP contribution in [0.4, 0.5) is 5.69 Å². The largest absolute Gasteiger partial charge is 0.497 e. The van der Waals surface area contributed by atoms with Crippen molar-refractivity contribution in [2.45, 2.75) is 29.3 Å². The van der Waals surface area contributed by atoms with E-state index < -0.39 is 31.8 Å². The number of benzene rings is 4. The summed E-state index contributed by atoms with van der Waals surface area (Å²) in [5.74, 6) is 0.0465. The smallest absolute Gasteiger partial charge is 0.264 e. The maximum absolute atomic E-state index is 14.0. The van der Waals surface area contributed by atoms with Crippen LogP contribution in [0, 0.1) is 0 Å². The van der Waals surface area contributed by atoms with Crippen LogP contribution in [0.15, 0.2) is 113 Å². The maximum Gasteiger partial charge on any atom is 0.264 e. The van der Waals surface area contributed by atoms with E-state index in [1.165, 1.54) is 35.7 Å². The van der Waals surface area contributed by atoms with E-state index in [4.69, 9.17) is 4.74 Å². The number of hydrogen-bond donors (Lipinski definition) is 1. The zero-order valence-electron chi connectivity index (χ0n) is 22.3. The number of hydrogen-bond acceptors (Lipinski definition) is 6. The minimum absolute atomic E-state index is 0.00199. The first kappa shape index (κ1) is 28.8. The molecule has 0 unspecified atom stereocenters. The summed E-state index contributed by atoms with van der Waals surface area (Å²) in [7, 11) is -5.94. The number of carbonyl (C=O) groups is 1. The number of carbonyl (C=O) groups excluding carboxylic acids is 1. The highest BCUT2D eigenvalue weighted by Gasteiger charge is 2.29. The fourth-order valence-corrected chi connectivity index (χ4v) is 6.27. The Morgan fingerprint density at radius 3 is 1.98 bits per heavy atom. The van der Waals surface area contributed by atoms with Crippen LogP contribution in [-0.4, -0.2) is 36.1 Å². The molecule has 1 amide bonds. The van der Waals surface area contributed by atoms with E-state index >= 15 is 0 Å². The second-order valence-corrected chi connectivity index (χ2v) is 13.1. The molecule has 0 fully saturated rings. The molecule has 1 N–H and O–H groups in total. The summed E-state index contributed by atoms with van der Waals surface area (Å²) in [5.41, 5.74) is 1.84. The van der Waals surface area contributed by atoms with Gasteiger partial charge in [-0.15, -0.1) is 0 Å². The third kappa shape index (κ3) is 6.52. The Morgan fingerprint density at radius 1 is 0.800 bits per heavy atom. The standard InChI is InChI=1S/C30H30N2O6S2/c1-22(24-13-17-26(18-14-24)39(3,34)35)31-30(33)28-11-7-8-12-29(28)32(21-23-9-5-4-6-10-23)40(36,37)27-19-15-25(38-2)16-20-27/h4-20,22H,21H2,1-3H3,(H,31,33)/t22-/m1/s1. The lowest BCUT2D eigenvalue weighted by Crippen LogP contribution is -2.34. The summed E-state index contributed by atoms with van der Waals surface area (Å²) in [4.78, 5) is 13.8. The summed E-state index contributed by atoms with van der Waals surface area (Å²) in [6, 6.07) is 27.5. The van der Waals surface area contributed by atoms with Crippen molar-refractivity contribution in [3.8, 4) is 5.75 Å². The molecule has 10 heteroatoms. The molecule has 0 bridgehead atoms. The van der Waals surface area contributed by atoms with Crippen molar-refractivity contribution in [2.24, 2.45) is 0 Å². The Labute approximate surface area is 235 Å². The van der Waals surface area contributed by atoms with E-state index in [1.54, 1.807) is 55.5 Å². The molecule has 8 nitrogen and oxygen atoms in total. The molecule has 4 aromatic rings. The fraction of sp³-hybridized carbons (Fsp3) is 0.167. The lowest BCUT2D eigenvalue weighted by atomic mass is 10.1. The minimum atomic E-state index is -4.09. The molecule has 0 aliphatic carbocycles. The number of ether oxygens (including phenoxy) is 1. The van der Waals surface area contributed by atoms with Crippen LogP contribution in [-0.2, 0) is 26.4 Å². The summed E-state index contributed by atoms with van der Waals surface area (Å²) in [5, 5.41) is 2.91. The van der Waals surface area contributed by atoms with E-state index in [1.807, 2.05) is 30.3 Å². The number of nitrogens with one attached hydrogen (secondary N) is 1. The summed E-state index contributed by atoms with van der Waals surface area (Å²) >= 11 is 0. The monoisotopic (exact) mass is 578 g/mol. The molecule has 0 spiro atoms. The van der Waals surface area contributed by atoms with Gasteiger partial charge in [0.05, 0.1) is 40.7 Å². The van der Waals surface area contributed by atoms with Crippen molar-refractivity contribution in [1.29, 1.82) is 0 Å². The normalized spacial score (nSPS) is 12.4. The Bertz CT molecular complexity index is 1690. The molecule has 208 valence electrons. The number of amides is 1. The zero-order chi connectivity index (χ0) is 28.9. The van der Waals surface area contributed by atoms with Crippen molar-refractivity contribution in [1.82, 2.24) is 5.32 Å². The van der Waals surface area contributed by atoms with Crippen LogP contribution in [0.3, 0.4) is 0 Å². The molecule has 0 heterocycles. The van der Waals surface area contributed by atoms with Gasteiger partial charge in [0, 0.05) is 6.26 Å². The molecule has 4 rings (SSSR count). The van der Waals surface area contributed by atoms with Crippen molar-refractivity contribution >= 4 is 31.5 Å². The highest BCUT2D eigenvalue weighted by molar-refractivity contribution is 7.92. The summed E-state index contributed by atoms with van der Waals surface area (Å²) < 4.78 is 57.9. The van der Waals surface area contributed by atoms with Crippen molar-refractivity contribution in [2.75, 3.05) is 17.7 Å². The topological polar surface area (TPSA) is 110 Å². The molecule has 0 aliphatic rings. The fourth-order valence-electron chi connectivity index (χ4n) is 4.17. The lowest BCUT2D eigenvalue weighted by molar-refractivity contribution is 0.0940. The average Bonchev–Trinajstić information content (AvgIpc) is 2.96. The second kappa shape index (κ2) is 11.9. The number of nitrogens with zero attached hydrogens (tertiary/aromatic N) is 1. The first-order chi connectivity index (χ1) is 19.0. The molecule has 0 saturated carbocycles. The average molecular weight is 579 g/mol. The van der Waals surface area contributed by atoms with Crippen LogP contribution in [0.5, 0.6) is 5.75 Å². The molecule has 4 aromatic carbocycles. The molecule has 0 aliphatic heterocycles. The lowest BCUT2D eigenvalue weighted by Gasteiger charge is -2.27. The van der Waals surface area contributed by atoms with Gasteiger partial charge in [-0.3, -0.25) is 9.10 Å². The summed E-state index contributed by atoms with van der Waals surface area (Å²) in [6.07, 6.45) is 1.13. The van der Waals surface area contributed by atoms with Gasteiger partial charge in [-0.05, 0) is 66.6 Å². The van der Waals surface area contributed by atoms with Gasteiger partial charge >= 0.3 is 0 Å². The van der Waals surface area contributed by atoms with Crippen LogP contribution in [0.1, 0.15) is 34.5 Å². The number of methoxy groups -OCH3 is 1. The van der Waals surface area contributed by atoms with Crippen molar-refractivity contribution < 1.29 is 26.4 Å². The van der Waals surface area contributed by atoms with E-state index in [2.05, 4.69) is 5.32 Å². The van der Waals surface area contributed by atoms with Gasteiger partial charge in [-0.25, -0.2) is 16.8 Å². The Hall–Kier alpha value is -4.15. The third-order valence-corrected chi connectivity index (χ3v) is 9.29. The highest BCUT2D eigenvalue weighted by atomic mass is 32.2. The second-order valence-electron chi connectivity index (χ2n) is 9.23. The Balaban J connectivity index is 1.70. The molecule has 0 saturated heterocycles. The van der Waals surface area contributed by atoms with Gasteiger partial charge in [-0.1, -0.05) is 54.6 Å². The SMILES string of the molecule is COc1ccc(S(=O)(=O)N(Cc2ccccc2)c2ccccc2C(=O)N[C@H](C)c2ccc(S(C)(=O)=O)cc2)cc1. The van der Waals surface area contributed by atoms with Crippen molar-refractivity contribution in [3.05, 3.63) is 120 Å². The maximum atomic E-state index is 14.0. The molecule has 0 radical (unpaired) electrons. The van der Waals surface area contributed by atoms with E-state index in [0.29, 0.717) is 11.3 Å². The van der Waals surface area contributed by atoms with Gasteiger partial charge in [0.2, 0.25) is 0 Å². The van der Waals surface area contributed by atoms with Gasteiger partial charge in [0.15, 0.2) is 9.84 Å². The number of rotatable bonds is 10. The van der Waals surface area contributed by atoms with E-state index in [-0.39, 0.29) is 27.6 Å². The van der Waals surface area contributed by atoms with Crippen LogP contribution in [0.25, 0.3) is 0 Å². The van der Waals surface area contributed by atoms with Crippen molar-refractivity contribution in [3.63, 3.8) is 0 Å². The zero-order valence-corrected chi connectivity index (χ0v) is 23.9. The Morgan fingerprint density at radius 2 is 1.38 bits per heavy atom. The number of sulfonamides is 1. The number of para-hydroxylation sites is 1. The van der Waals surface area contributed by atoms with Crippen LogP contribution < -0.4 is 14.4 Å². The van der Waals surface area contributed by atoms with Gasteiger partial charge in [0.25, 0.3) is 15.9 Å². The molecule has 40 heavy (non-hydrogen) atoms. The van der Waals surface area contributed by atoms with E-state index in [0.717, 1.165) is 11.8 Å².